The number of rotatable bonds is 7. The van der Waals surface area contributed by atoms with Crippen LogP contribution in [-0.2, 0) is 11.3 Å². The lowest BCUT2D eigenvalue weighted by Crippen LogP contribution is -2.18. The van der Waals surface area contributed by atoms with Crippen LogP contribution in [0.5, 0.6) is 11.5 Å². The highest BCUT2D eigenvalue weighted by atomic mass is 16.5. The van der Waals surface area contributed by atoms with Gasteiger partial charge in [0.1, 0.15) is 11.5 Å². The van der Waals surface area contributed by atoms with Crippen LogP contribution < -0.4 is 10.4 Å². The van der Waals surface area contributed by atoms with E-state index >= 15 is 0 Å². The topological polar surface area (TPSA) is 73.3 Å². The first-order valence-electron chi connectivity index (χ1n) is 9.38. The molecule has 0 amide bonds. The molecule has 29 heavy (non-hydrogen) atoms. The molecule has 0 radical (unpaired) electrons. The minimum Gasteiger partial charge on any atom is -0.462 e. The summed E-state index contributed by atoms with van der Waals surface area (Å²) in [6.45, 7) is 0.682. The quantitative estimate of drug-likeness (QED) is 0.377. The number of aromatic nitrogens is 2. The van der Waals surface area contributed by atoms with Crippen LogP contribution >= 0.6 is 0 Å². The second-order valence-corrected chi connectivity index (χ2v) is 6.53. The first kappa shape index (κ1) is 18.6. The number of benzene rings is 3. The van der Waals surface area contributed by atoms with Crippen molar-refractivity contribution < 1.29 is 14.3 Å². The molecule has 6 nitrogen and oxygen atoms in total. The van der Waals surface area contributed by atoms with E-state index in [1.54, 1.807) is 28.8 Å². The molecule has 3 aromatic carbocycles. The summed E-state index contributed by atoms with van der Waals surface area (Å²) in [7, 11) is 0. The number of imidazole rings is 1. The minimum absolute atomic E-state index is 0.164. The van der Waals surface area contributed by atoms with Crippen molar-refractivity contribution in [2.24, 2.45) is 0 Å². The smallest absolute Gasteiger partial charge is 0.338 e. The third-order valence-electron chi connectivity index (χ3n) is 4.49. The van der Waals surface area contributed by atoms with E-state index in [9.17, 15) is 9.59 Å². The highest BCUT2D eigenvalue weighted by molar-refractivity contribution is 5.89. The van der Waals surface area contributed by atoms with E-state index in [-0.39, 0.29) is 12.3 Å². The minimum atomic E-state index is -0.421. The molecule has 0 atom stereocenters. The van der Waals surface area contributed by atoms with Crippen molar-refractivity contribution in [3.63, 3.8) is 0 Å². The normalized spacial score (nSPS) is 10.8. The predicted octanol–water partition coefficient (Wildman–Crippen LogP) is 4.37. The number of H-pyrrole nitrogens is 1. The highest BCUT2D eigenvalue weighted by Gasteiger charge is 2.10. The van der Waals surface area contributed by atoms with Gasteiger partial charge in [-0.2, -0.15) is 0 Å². The second-order valence-electron chi connectivity index (χ2n) is 6.53. The van der Waals surface area contributed by atoms with Crippen LogP contribution in [0.1, 0.15) is 16.8 Å². The molecule has 4 aromatic rings. The molecule has 0 spiro atoms. The van der Waals surface area contributed by atoms with Crippen molar-refractivity contribution >= 4 is 17.0 Å². The maximum atomic E-state index is 12.3. The number of ether oxygens (including phenoxy) is 2. The van der Waals surface area contributed by atoms with Crippen molar-refractivity contribution in [3.05, 3.63) is 94.9 Å². The van der Waals surface area contributed by atoms with Gasteiger partial charge in [0.15, 0.2) is 0 Å². The van der Waals surface area contributed by atoms with E-state index in [1.807, 2.05) is 54.6 Å². The number of aryl methyl sites for hydroxylation is 1. The largest absolute Gasteiger partial charge is 0.462 e. The van der Waals surface area contributed by atoms with E-state index in [1.165, 1.54) is 0 Å². The number of aromatic amines is 1. The predicted molar refractivity (Wildman–Crippen MR) is 110 cm³/mol. The van der Waals surface area contributed by atoms with Crippen LogP contribution in [0.4, 0.5) is 0 Å². The molecule has 0 aliphatic rings. The Bertz CT molecular complexity index is 1180. The van der Waals surface area contributed by atoms with Crippen LogP contribution in [0.25, 0.3) is 11.0 Å². The van der Waals surface area contributed by atoms with E-state index < -0.39 is 5.97 Å². The third-order valence-corrected chi connectivity index (χ3v) is 4.49. The zero-order valence-corrected chi connectivity index (χ0v) is 15.7. The lowest BCUT2D eigenvalue weighted by molar-refractivity contribution is 0.0495. The summed E-state index contributed by atoms with van der Waals surface area (Å²) in [5.41, 5.74) is 1.89. The van der Waals surface area contributed by atoms with E-state index in [0.717, 1.165) is 11.0 Å². The number of para-hydroxylation sites is 3. The SMILES string of the molecule is O=C(OCCCn1c(=O)[nH]c2ccccc21)c1cccc(Oc2ccccc2)c1. The second kappa shape index (κ2) is 8.48. The van der Waals surface area contributed by atoms with Crippen molar-refractivity contribution in [2.75, 3.05) is 6.61 Å². The molecule has 0 fully saturated rings. The molecule has 1 heterocycles. The summed E-state index contributed by atoms with van der Waals surface area (Å²) in [6.07, 6.45) is 0.535. The molecule has 0 bridgehead atoms. The van der Waals surface area contributed by atoms with Gasteiger partial charge in [-0.25, -0.2) is 9.59 Å². The van der Waals surface area contributed by atoms with E-state index in [2.05, 4.69) is 4.98 Å². The zero-order valence-electron chi connectivity index (χ0n) is 15.7. The fourth-order valence-corrected chi connectivity index (χ4v) is 3.11. The van der Waals surface area contributed by atoms with Crippen molar-refractivity contribution in [1.29, 1.82) is 0 Å². The van der Waals surface area contributed by atoms with Gasteiger partial charge in [0.05, 0.1) is 23.2 Å². The summed E-state index contributed by atoms with van der Waals surface area (Å²) < 4.78 is 12.8. The summed E-state index contributed by atoms with van der Waals surface area (Å²) in [5, 5.41) is 0. The number of carbonyl (C=O) groups excluding carboxylic acids is 1. The Kier molecular flexibility index (Phi) is 5.42. The molecule has 0 saturated heterocycles. The summed E-state index contributed by atoms with van der Waals surface area (Å²) in [4.78, 5) is 27.2. The van der Waals surface area contributed by atoms with Crippen LogP contribution in [0.3, 0.4) is 0 Å². The molecule has 6 heteroatoms. The number of fused-ring (bicyclic) bond motifs is 1. The Hall–Kier alpha value is -3.80. The number of hydrogen-bond donors (Lipinski definition) is 1. The summed E-state index contributed by atoms with van der Waals surface area (Å²) >= 11 is 0. The van der Waals surface area contributed by atoms with Gasteiger partial charge in [-0.15, -0.1) is 0 Å². The Morgan fingerprint density at radius 2 is 1.66 bits per heavy atom. The van der Waals surface area contributed by atoms with Crippen LogP contribution in [0.15, 0.2) is 83.7 Å². The Morgan fingerprint density at radius 3 is 2.52 bits per heavy atom. The Labute approximate surface area is 167 Å². The Balaban J connectivity index is 1.33. The first-order valence-corrected chi connectivity index (χ1v) is 9.38. The highest BCUT2D eigenvalue weighted by Crippen LogP contribution is 2.22. The molecular formula is C23H20N2O4. The monoisotopic (exact) mass is 388 g/mol. The van der Waals surface area contributed by atoms with Gasteiger partial charge in [0.25, 0.3) is 0 Å². The van der Waals surface area contributed by atoms with E-state index in [0.29, 0.717) is 30.0 Å². The molecule has 0 aliphatic heterocycles. The fourth-order valence-electron chi connectivity index (χ4n) is 3.11. The van der Waals surface area contributed by atoms with Crippen LogP contribution in [0.2, 0.25) is 0 Å². The first-order chi connectivity index (χ1) is 14.2. The van der Waals surface area contributed by atoms with Gasteiger partial charge in [0, 0.05) is 6.54 Å². The fraction of sp³-hybridized carbons (Fsp3) is 0.130. The molecule has 1 aromatic heterocycles. The molecule has 4 rings (SSSR count). The van der Waals surface area contributed by atoms with Crippen molar-refractivity contribution in [2.45, 2.75) is 13.0 Å². The molecule has 0 unspecified atom stereocenters. The molecular weight excluding hydrogens is 368 g/mol. The van der Waals surface area contributed by atoms with Crippen molar-refractivity contribution in [1.82, 2.24) is 9.55 Å². The van der Waals surface area contributed by atoms with Crippen molar-refractivity contribution in [3.8, 4) is 11.5 Å². The van der Waals surface area contributed by atoms with Gasteiger partial charge in [0.2, 0.25) is 0 Å². The molecule has 0 aliphatic carbocycles. The van der Waals surface area contributed by atoms with Crippen LogP contribution in [-0.4, -0.2) is 22.1 Å². The summed E-state index contributed by atoms with van der Waals surface area (Å²) in [6, 6.07) is 23.7. The Morgan fingerprint density at radius 1 is 0.897 bits per heavy atom. The van der Waals surface area contributed by atoms with Gasteiger partial charge >= 0.3 is 11.7 Å². The van der Waals surface area contributed by atoms with Gasteiger partial charge in [-0.3, -0.25) is 4.57 Å². The van der Waals surface area contributed by atoms with E-state index in [4.69, 9.17) is 9.47 Å². The number of esters is 1. The van der Waals surface area contributed by atoms with Crippen LogP contribution in [0, 0.1) is 0 Å². The third kappa shape index (κ3) is 4.38. The molecule has 146 valence electrons. The van der Waals surface area contributed by atoms with Gasteiger partial charge < -0.3 is 14.5 Å². The number of nitrogens with zero attached hydrogens (tertiary/aromatic N) is 1. The number of nitrogens with one attached hydrogen (secondary N) is 1. The standard InChI is InChI=1S/C23H20N2O4/c26-22(17-8-6-11-19(16-17)29-18-9-2-1-3-10-18)28-15-7-14-25-21-13-5-4-12-20(21)24-23(25)27/h1-6,8-13,16H,7,14-15H2,(H,24,27). The lowest BCUT2D eigenvalue weighted by atomic mass is 10.2. The molecule has 0 saturated carbocycles. The number of hydrogen-bond acceptors (Lipinski definition) is 4. The average Bonchev–Trinajstić information content (AvgIpc) is 3.07. The van der Waals surface area contributed by atoms with Gasteiger partial charge in [-0.1, -0.05) is 36.4 Å². The maximum Gasteiger partial charge on any atom is 0.338 e. The molecule has 1 N–H and O–H groups in total. The average molecular weight is 388 g/mol. The van der Waals surface area contributed by atoms with Gasteiger partial charge in [-0.05, 0) is 48.9 Å². The zero-order chi connectivity index (χ0) is 20.1. The summed E-state index contributed by atoms with van der Waals surface area (Å²) in [5.74, 6) is 0.841. The lowest BCUT2D eigenvalue weighted by Gasteiger charge is -2.08. The maximum absolute atomic E-state index is 12.3. The number of carbonyl (C=O) groups is 1.